The maximum absolute atomic E-state index is 11.2. The van der Waals surface area contributed by atoms with Crippen LogP contribution in [0.25, 0.3) is 0 Å². The molecule has 0 spiro atoms. The lowest BCUT2D eigenvalue weighted by Crippen LogP contribution is -2.04. The Balaban J connectivity index is 2.41. The molecule has 4 heteroatoms. The van der Waals surface area contributed by atoms with Gasteiger partial charge in [-0.15, -0.1) is 0 Å². The van der Waals surface area contributed by atoms with Crippen molar-refractivity contribution in [1.29, 1.82) is 0 Å². The molecule has 0 fully saturated rings. The molecule has 104 valence electrons. The molecule has 0 radical (unpaired) electrons. The minimum absolute atomic E-state index is 0.0639. The van der Waals surface area contributed by atoms with Crippen LogP contribution in [0.15, 0.2) is 36.4 Å². The summed E-state index contributed by atoms with van der Waals surface area (Å²) < 4.78 is 5.81. The van der Waals surface area contributed by atoms with Gasteiger partial charge in [-0.1, -0.05) is 25.1 Å². The molecule has 2 rings (SSSR count). The van der Waals surface area contributed by atoms with Gasteiger partial charge in [0.1, 0.15) is 11.5 Å². The maximum Gasteiger partial charge on any atom is 0.337 e. The number of benzene rings is 2. The standard InChI is InChI=1S/C16H17NO3/c1-3-11-6-4-5-7-14(11)20-12-8-10(2)15(17)13(9-12)16(18)19/h4-9H,3,17H2,1-2H3,(H,18,19). The van der Waals surface area contributed by atoms with Crippen molar-refractivity contribution in [2.75, 3.05) is 5.73 Å². The predicted octanol–water partition coefficient (Wildman–Crippen LogP) is 3.63. The van der Waals surface area contributed by atoms with Crippen molar-refractivity contribution >= 4 is 11.7 Å². The van der Waals surface area contributed by atoms with Gasteiger partial charge in [-0.25, -0.2) is 4.79 Å². The van der Waals surface area contributed by atoms with Crippen LogP contribution in [0.5, 0.6) is 11.5 Å². The summed E-state index contributed by atoms with van der Waals surface area (Å²) in [5, 5.41) is 9.15. The second kappa shape index (κ2) is 5.65. The van der Waals surface area contributed by atoms with Crippen LogP contribution < -0.4 is 10.5 Å². The average Bonchev–Trinajstić information content (AvgIpc) is 2.43. The molecule has 20 heavy (non-hydrogen) atoms. The number of ether oxygens (including phenoxy) is 1. The number of nitrogen functional groups attached to an aromatic ring is 1. The summed E-state index contributed by atoms with van der Waals surface area (Å²) in [6.45, 7) is 3.81. The lowest BCUT2D eigenvalue weighted by Gasteiger charge is -2.12. The van der Waals surface area contributed by atoms with Gasteiger partial charge in [-0.2, -0.15) is 0 Å². The quantitative estimate of drug-likeness (QED) is 0.833. The molecule has 0 aliphatic heterocycles. The van der Waals surface area contributed by atoms with Crippen LogP contribution in [-0.4, -0.2) is 11.1 Å². The van der Waals surface area contributed by atoms with Crippen molar-refractivity contribution in [3.63, 3.8) is 0 Å². The number of aryl methyl sites for hydroxylation is 2. The van der Waals surface area contributed by atoms with Crippen molar-refractivity contribution in [2.45, 2.75) is 20.3 Å². The molecule has 2 aromatic rings. The first kappa shape index (κ1) is 13.9. The topological polar surface area (TPSA) is 72.5 Å². The molecule has 0 aliphatic carbocycles. The van der Waals surface area contributed by atoms with Crippen molar-refractivity contribution in [3.8, 4) is 11.5 Å². The van der Waals surface area contributed by atoms with Gasteiger partial charge in [0.05, 0.1) is 5.56 Å². The molecule has 0 unspecified atom stereocenters. The Bertz CT molecular complexity index is 650. The Morgan fingerprint density at radius 2 is 2.00 bits per heavy atom. The Hall–Kier alpha value is -2.49. The van der Waals surface area contributed by atoms with E-state index in [4.69, 9.17) is 15.6 Å². The molecule has 0 amide bonds. The molecule has 0 saturated carbocycles. The number of carbonyl (C=O) groups is 1. The molecule has 2 aromatic carbocycles. The van der Waals surface area contributed by atoms with Gasteiger partial charge in [0.2, 0.25) is 0 Å². The molecule has 0 saturated heterocycles. The number of aromatic carboxylic acids is 1. The molecule has 0 aromatic heterocycles. The Kier molecular flexibility index (Phi) is 3.94. The van der Waals surface area contributed by atoms with Crippen LogP contribution >= 0.6 is 0 Å². The Morgan fingerprint density at radius 1 is 1.30 bits per heavy atom. The number of nitrogens with two attached hydrogens (primary N) is 1. The third-order valence-electron chi connectivity index (χ3n) is 3.17. The molecular formula is C16H17NO3. The molecular weight excluding hydrogens is 254 g/mol. The van der Waals surface area contributed by atoms with Crippen LogP contribution in [0, 0.1) is 6.92 Å². The largest absolute Gasteiger partial charge is 0.478 e. The smallest absolute Gasteiger partial charge is 0.337 e. The molecule has 0 atom stereocenters. The van der Waals surface area contributed by atoms with E-state index >= 15 is 0 Å². The van der Waals surface area contributed by atoms with E-state index in [1.54, 1.807) is 13.0 Å². The van der Waals surface area contributed by atoms with E-state index in [0.29, 0.717) is 11.3 Å². The second-order valence-electron chi connectivity index (χ2n) is 4.57. The van der Waals surface area contributed by atoms with E-state index in [2.05, 4.69) is 0 Å². The van der Waals surface area contributed by atoms with E-state index < -0.39 is 5.97 Å². The van der Waals surface area contributed by atoms with Crippen molar-refractivity contribution in [3.05, 3.63) is 53.1 Å². The van der Waals surface area contributed by atoms with E-state index in [1.165, 1.54) is 6.07 Å². The average molecular weight is 271 g/mol. The van der Waals surface area contributed by atoms with Gasteiger partial charge in [0, 0.05) is 5.69 Å². The summed E-state index contributed by atoms with van der Waals surface area (Å²) in [6.07, 6.45) is 0.843. The van der Waals surface area contributed by atoms with Gasteiger partial charge in [0.15, 0.2) is 0 Å². The predicted molar refractivity (Wildman–Crippen MR) is 78.4 cm³/mol. The van der Waals surface area contributed by atoms with Gasteiger partial charge < -0.3 is 15.6 Å². The van der Waals surface area contributed by atoms with Gasteiger partial charge in [0.25, 0.3) is 0 Å². The minimum atomic E-state index is -1.06. The molecule has 4 nitrogen and oxygen atoms in total. The first-order chi connectivity index (χ1) is 9.52. The second-order valence-corrected chi connectivity index (χ2v) is 4.57. The van der Waals surface area contributed by atoms with Gasteiger partial charge in [-0.05, 0) is 42.7 Å². The summed E-state index contributed by atoms with van der Waals surface area (Å²) in [4.78, 5) is 11.2. The van der Waals surface area contributed by atoms with Crippen LogP contribution in [0.2, 0.25) is 0 Å². The SMILES string of the molecule is CCc1ccccc1Oc1cc(C)c(N)c(C(=O)O)c1. The Morgan fingerprint density at radius 3 is 2.65 bits per heavy atom. The van der Waals surface area contributed by atoms with Crippen molar-refractivity contribution in [1.82, 2.24) is 0 Å². The minimum Gasteiger partial charge on any atom is -0.478 e. The highest BCUT2D eigenvalue weighted by Crippen LogP contribution is 2.30. The molecule has 0 aliphatic rings. The van der Waals surface area contributed by atoms with Crippen molar-refractivity contribution < 1.29 is 14.6 Å². The number of para-hydroxylation sites is 1. The zero-order valence-electron chi connectivity index (χ0n) is 11.5. The normalized spacial score (nSPS) is 10.3. The van der Waals surface area contributed by atoms with Crippen LogP contribution in [0.4, 0.5) is 5.69 Å². The van der Waals surface area contributed by atoms with Crippen LogP contribution in [0.3, 0.4) is 0 Å². The zero-order chi connectivity index (χ0) is 14.7. The summed E-state index contributed by atoms with van der Waals surface area (Å²) in [5.74, 6) is 0.158. The van der Waals surface area contributed by atoms with Crippen molar-refractivity contribution in [2.24, 2.45) is 0 Å². The zero-order valence-corrected chi connectivity index (χ0v) is 11.5. The van der Waals surface area contributed by atoms with E-state index in [-0.39, 0.29) is 11.3 Å². The number of carboxylic acid groups (broad SMARTS) is 1. The number of hydrogen-bond donors (Lipinski definition) is 2. The highest BCUT2D eigenvalue weighted by molar-refractivity contribution is 5.95. The monoisotopic (exact) mass is 271 g/mol. The number of rotatable bonds is 4. The molecule has 0 heterocycles. The molecule has 3 N–H and O–H groups in total. The maximum atomic E-state index is 11.2. The van der Waals surface area contributed by atoms with E-state index in [1.807, 2.05) is 31.2 Å². The first-order valence-electron chi connectivity index (χ1n) is 6.42. The third kappa shape index (κ3) is 2.74. The lowest BCUT2D eigenvalue weighted by molar-refractivity contribution is 0.0697. The fourth-order valence-electron chi connectivity index (χ4n) is 2.02. The van der Waals surface area contributed by atoms with E-state index in [0.717, 1.165) is 17.7 Å². The van der Waals surface area contributed by atoms with Gasteiger partial charge in [-0.3, -0.25) is 0 Å². The fourth-order valence-corrected chi connectivity index (χ4v) is 2.02. The summed E-state index contributed by atoms with van der Waals surface area (Å²) in [5.41, 5.74) is 7.86. The third-order valence-corrected chi connectivity index (χ3v) is 3.17. The van der Waals surface area contributed by atoms with Gasteiger partial charge >= 0.3 is 5.97 Å². The Labute approximate surface area is 117 Å². The summed E-state index contributed by atoms with van der Waals surface area (Å²) in [6, 6.07) is 10.9. The summed E-state index contributed by atoms with van der Waals surface area (Å²) in [7, 11) is 0. The van der Waals surface area contributed by atoms with Crippen LogP contribution in [-0.2, 0) is 6.42 Å². The van der Waals surface area contributed by atoms with E-state index in [9.17, 15) is 4.79 Å². The molecule has 0 bridgehead atoms. The van der Waals surface area contributed by atoms with Crippen LogP contribution in [0.1, 0.15) is 28.4 Å². The fraction of sp³-hybridized carbons (Fsp3) is 0.188. The number of hydrogen-bond acceptors (Lipinski definition) is 3. The number of anilines is 1. The number of carboxylic acids is 1. The lowest BCUT2D eigenvalue weighted by atomic mass is 10.1. The highest BCUT2D eigenvalue weighted by Gasteiger charge is 2.13. The first-order valence-corrected chi connectivity index (χ1v) is 6.42. The summed E-state index contributed by atoms with van der Waals surface area (Å²) >= 11 is 0. The highest BCUT2D eigenvalue weighted by atomic mass is 16.5.